The van der Waals surface area contributed by atoms with Gasteiger partial charge < -0.3 is 20.1 Å². The van der Waals surface area contributed by atoms with Crippen LogP contribution in [0.5, 0.6) is 0 Å². The van der Waals surface area contributed by atoms with E-state index in [4.69, 9.17) is 51.8 Å². The van der Waals surface area contributed by atoms with Crippen molar-refractivity contribution in [2.75, 3.05) is 5.32 Å². The van der Waals surface area contributed by atoms with E-state index < -0.39 is 12.0 Å². The Morgan fingerprint density at radius 2 is 2.00 bits per heavy atom. The summed E-state index contributed by atoms with van der Waals surface area (Å²) in [6.45, 7) is 3.83. The minimum Gasteiger partial charge on any atom is -0.432 e. The summed E-state index contributed by atoms with van der Waals surface area (Å²) in [6.07, 6.45) is 4.26. The molecule has 0 amide bonds. The molecule has 3 N–H and O–H groups in total. The van der Waals surface area contributed by atoms with E-state index in [-0.39, 0.29) is 20.7 Å². The molecule has 9 heteroatoms. The molecule has 0 radical (unpaired) electrons. The van der Waals surface area contributed by atoms with Crippen LogP contribution >= 0.6 is 47.0 Å². The van der Waals surface area contributed by atoms with Gasteiger partial charge in [0.2, 0.25) is 0 Å². The molecule has 0 fully saturated rings. The number of rotatable bonds is 3. The van der Waals surface area contributed by atoms with Crippen LogP contribution in [0.15, 0.2) is 35.6 Å². The van der Waals surface area contributed by atoms with Gasteiger partial charge in [0.05, 0.1) is 15.6 Å². The minimum atomic E-state index is -1.72. The summed E-state index contributed by atoms with van der Waals surface area (Å²) in [7, 11) is -1.72. The van der Waals surface area contributed by atoms with Gasteiger partial charge in [-0.2, -0.15) is 0 Å². The number of hydrogen-bond acceptors (Lipinski definition) is 4. The van der Waals surface area contributed by atoms with Gasteiger partial charge in [0.15, 0.2) is 0 Å². The molecule has 1 aliphatic rings. The van der Waals surface area contributed by atoms with Crippen LogP contribution in [0.1, 0.15) is 20.3 Å². The summed E-state index contributed by atoms with van der Waals surface area (Å²) >= 11 is 23.5. The maximum atomic E-state index is 9.31. The SMILES string of the molecule is CC1=C(OC(=S)Nc2cc(B(O)O)c(Cl)cc2Cl)C=CC(C)(Cl)C1. The Hall–Kier alpha value is -0.755. The van der Waals surface area contributed by atoms with Crippen molar-refractivity contribution in [1.82, 2.24) is 0 Å². The summed E-state index contributed by atoms with van der Waals surface area (Å²) < 4.78 is 5.62. The van der Waals surface area contributed by atoms with Gasteiger partial charge in [-0.3, -0.25) is 0 Å². The van der Waals surface area contributed by atoms with Crippen molar-refractivity contribution in [3.63, 3.8) is 0 Å². The predicted molar refractivity (Wildman–Crippen MR) is 104 cm³/mol. The first-order valence-corrected chi connectivity index (χ1v) is 8.55. The van der Waals surface area contributed by atoms with E-state index >= 15 is 0 Å². The third-order valence-corrected chi connectivity index (χ3v) is 4.50. The topological polar surface area (TPSA) is 61.7 Å². The zero-order valence-corrected chi connectivity index (χ0v) is 16.0. The molecule has 1 aliphatic carbocycles. The second-order valence-electron chi connectivity index (χ2n) is 5.67. The molecule has 1 aromatic rings. The molecule has 0 saturated heterocycles. The number of allylic oxidation sites excluding steroid dienone is 3. The quantitative estimate of drug-likeness (QED) is 0.407. The zero-order chi connectivity index (χ0) is 18.1. The van der Waals surface area contributed by atoms with E-state index in [0.29, 0.717) is 17.9 Å². The fourth-order valence-electron chi connectivity index (χ4n) is 2.27. The summed E-state index contributed by atoms with van der Waals surface area (Å²) in [5.41, 5.74) is 1.43. The molecule has 4 nitrogen and oxygen atoms in total. The molecule has 0 spiro atoms. The molecule has 24 heavy (non-hydrogen) atoms. The van der Waals surface area contributed by atoms with Gasteiger partial charge in [-0.25, -0.2) is 0 Å². The first kappa shape index (κ1) is 19.6. The fraction of sp³-hybridized carbons (Fsp3) is 0.267. The molecular weight excluding hydrogens is 391 g/mol. The molecule has 1 unspecified atom stereocenters. The number of hydrogen-bond donors (Lipinski definition) is 3. The number of thiocarbonyl (C=S) groups is 1. The van der Waals surface area contributed by atoms with Crippen LogP contribution < -0.4 is 10.8 Å². The minimum absolute atomic E-state index is 0.0646. The number of ether oxygens (including phenoxy) is 1. The Labute approximate surface area is 161 Å². The monoisotopic (exact) mass is 405 g/mol. The fourth-order valence-corrected chi connectivity index (χ4v) is 3.26. The lowest BCUT2D eigenvalue weighted by Gasteiger charge is -2.24. The maximum Gasteiger partial charge on any atom is 0.490 e. The first-order chi connectivity index (χ1) is 11.1. The highest BCUT2D eigenvalue weighted by molar-refractivity contribution is 7.80. The zero-order valence-electron chi connectivity index (χ0n) is 12.9. The van der Waals surface area contributed by atoms with E-state index in [2.05, 4.69) is 5.32 Å². The lowest BCUT2D eigenvalue weighted by Crippen LogP contribution is -2.31. The van der Waals surface area contributed by atoms with E-state index in [9.17, 15) is 10.0 Å². The van der Waals surface area contributed by atoms with Gasteiger partial charge in [0.25, 0.3) is 5.17 Å². The average Bonchev–Trinajstić information content (AvgIpc) is 2.44. The second-order valence-corrected chi connectivity index (χ2v) is 7.72. The molecule has 0 bridgehead atoms. The van der Waals surface area contributed by atoms with Crippen molar-refractivity contribution >= 4 is 70.5 Å². The standard InChI is InChI=1S/C15H15BCl3NO3S/c1-8-7-15(2,19)4-3-13(8)23-14(24)20-12-5-9(16(21)22)10(17)6-11(12)18/h3-6,21-22H,7H2,1-2H3,(H,20,24). The third-order valence-electron chi connectivity index (χ3n) is 3.42. The second kappa shape index (κ2) is 7.64. The predicted octanol–water partition coefficient (Wildman–Crippen LogP) is 3.62. The Bertz CT molecular complexity index is 735. The van der Waals surface area contributed by atoms with Crippen LogP contribution in [0, 0.1) is 0 Å². The highest BCUT2D eigenvalue weighted by atomic mass is 35.5. The molecule has 1 atom stereocenters. The molecular formula is C15H15BCl3NO3S. The van der Waals surface area contributed by atoms with Crippen LogP contribution in [0.3, 0.4) is 0 Å². The van der Waals surface area contributed by atoms with Crippen molar-refractivity contribution < 1.29 is 14.8 Å². The van der Waals surface area contributed by atoms with E-state index in [1.807, 2.05) is 19.9 Å². The van der Waals surface area contributed by atoms with Crippen molar-refractivity contribution in [1.29, 1.82) is 0 Å². The van der Waals surface area contributed by atoms with Gasteiger partial charge in [-0.15, -0.1) is 11.6 Å². The normalized spacial score (nSPS) is 20.1. The Balaban J connectivity index is 2.14. The highest BCUT2D eigenvalue weighted by Gasteiger charge is 2.24. The first-order valence-electron chi connectivity index (χ1n) is 7.01. The number of benzene rings is 1. The van der Waals surface area contributed by atoms with Crippen molar-refractivity contribution in [2.24, 2.45) is 0 Å². The smallest absolute Gasteiger partial charge is 0.432 e. The molecule has 0 saturated carbocycles. The van der Waals surface area contributed by atoms with Crippen LogP contribution in [0.2, 0.25) is 10.0 Å². The lowest BCUT2D eigenvalue weighted by molar-refractivity contribution is 0.425. The lowest BCUT2D eigenvalue weighted by atomic mass is 9.80. The Kier molecular flexibility index (Phi) is 6.23. The molecule has 128 valence electrons. The van der Waals surface area contributed by atoms with Gasteiger partial charge >= 0.3 is 7.12 Å². The van der Waals surface area contributed by atoms with Gasteiger partial charge in [-0.05, 0) is 56.3 Å². The summed E-state index contributed by atoms with van der Waals surface area (Å²) in [5, 5.41) is 21.9. The molecule has 2 rings (SSSR count). The van der Waals surface area contributed by atoms with E-state index in [1.165, 1.54) is 12.1 Å². The Morgan fingerprint density at radius 1 is 1.33 bits per heavy atom. The summed E-state index contributed by atoms with van der Waals surface area (Å²) in [4.78, 5) is -0.433. The van der Waals surface area contributed by atoms with Crippen LogP contribution in [0.25, 0.3) is 0 Å². The van der Waals surface area contributed by atoms with E-state index in [0.717, 1.165) is 5.57 Å². The average molecular weight is 407 g/mol. The molecule has 1 aromatic carbocycles. The van der Waals surface area contributed by atoms with E-state index in [1.54, 1.807) is 6.08 Å². The number of anilines is 1. The molecule has 0 heterocycles. The van der Waals surface area contributed by atoms with Crippen molar-refractivity contribution in [3.8, 4) is 0 Å². The Morgan fingerprint density at radius 3 is 2.58 bits per heavy atom. The summed E-state index contributed by atoms with van der Waals surface area (Å²) in [5.74, 6) is 0.609. The van der Waals surface area contributed by atoms with Crippen LogP contribution in [-0.2, 0) is 4.74 Å². The maximum absolute atomic E-state index is 9.31. The van der Waals surface area contributed by atoms with Gasteiger partial charge in [-0.1, -0.05) is 29.3 Å². The largest absolute Gasteiger partial charge is 0.490 e. The van der Waals surface area contributed by atoms with Gasteiger partial charge in [0.1, 0.15) is 5.76 Å². The number of alkyl halides is 1. The highest BCUT2D eigenvalue weighted by Crippen LogP contribution is 2.32. The third kappa shape index (κ3) is 4.88. The summed E-state index contributed by atoms with van der Waals surface area (Å²) in [6, 6.07) is 2.80. The van der Waals surface area contributed by atoms with Crippen molar-refractivity contribution in [3.05, 3.63) is 45.7 Å². The van der Waals surface area contributed by atoms with Crippen LogP contribution in [-0.4, -0.2) is 27.2 Å². The molecule has 0 aliphatic heterocycles. The number of nitrogens with one attached hydrogen (secondary N) is 1. The van der Waals surface area contributed by atoms with Crippen LogP contribution in [0.4, 0.5) is 5.69 Å². The van der Waals surface area contributed by atoms with Gasteiger partial charge in [0, 0.05) is 10.5 Å². The van der Waals surface area contributed by atoms with Crippen molar-refractivity contribution in [2.45, 2.75) is 25.1 Å². The number of halogens is 3. The molecule has 0 aromatic heterocycles.